The molecule has 48 heavy (non-hydrogen) atoms. The number of carbonyl (C=O) groups is 2. The van der Waals surface area contributed by atoms with Gasteiger partial charge in [-0.1, -0.05) is 53.7 Å². The van der Waals surface area contributed by atoms with Gasteiger partial charge in [-0.2, -0.15) is 13.2 Å². The molecule has 1 aromatic heterocycles. The summed E-state index contributed by atoms with van der Waals surface area (Å²) in [5.74, 6) is -0.908. The molecular formula is C35H35F3N6O4. The van der Waals surface area contributed by atoms with Crippen LogP contribution in [0.2, 0.25) is 0 Å². The van der Waals surface area contributed by atoms with Crippen LogP contribution in [0.3, 0.4) is 0 Å². The average molecular weight is 661 g/mol. The first-order chi connectivity index (χ1) is 23.1. The lowest BCUT2D eigenvalue weighted by atomic mass is 10.0. The smallest absolute Gasteiger partial charge is 0.416 e. The molecule has 3 aliphatic rings. The maximum absolute atomic E-state index is 14.2. The van der Waals surface area contributed by atoms with Crippen molar-refractivity contribution in [1.29, 1.82) is 0 Å². The number of fused-ring (bicyclic) bond motifs is 3. The Morgan fingerprint density at radius 2 is 1.75 bits per heavy atom. The number of alkyl halides is 3. The van der Waals surface area contributed by atoms with Crippen molar-refractivity contribution in [2.45, 2.75) is 50.9 Å². The van der Waals surface area contributed by atoms with Crippen molar-refractivity contribution in [2.75, 3.05) is 32.8 Å². The minimum atomic E-state index is -4.66. The van der Waals surface area contributed by atoms with E-state index in [0.29, 0.717) is 31.9 Å². The Morgan fingerprint density at radius 3 is 2.54 bits per heavy atom. The molecule has 0 bridgehead atoms. The van der Waals surface area contributed by atoms with Crippen LogP contribution in [0.4, 0.5) is 13.2 Å². The van der Waals surface area contributed by atoms with Crippen LogP contribution in [0.25, 0.3) is 5.69 Å². The number of hydrogen-bond acceptors (Lipinski definition) is 7. The zero-order chi connectivity index (χ0) is 33.4. The van der Waals surface area contributed by atoms with Gasteiger partial charge in [0.25, 0.3) is 5.91 Å². The highest BCUT2D eigenvalue weighted by Gasteiger charge is 2.46. The first-order valence-corrected chi connectivity index (χ1v) is 15.9. The molecule has 0 N–H and O–H groups in total. The van der Waals surface area contributed by atoms with Gasteiger partial charge < -0.3 is 19.3 Å². The molecule has 13 heteroatoms. The maximum Gasteiger partial charge on any atom is 0.416 e. The van der Waals surface area contributed by atoms with Gasteiger partial charge in [0.05, 0.1) is 41.8 Å². The van der Waals surface area contributed by atoms with Gasteiger partial charge in [-0.15, -0.1) is 5.10 Å². The average Bonchev–Trinajstić information content (AvgIpc) is 3.73. The molecule has 0 saturated carbocycles. The topological polar surface area (TPSA) is 93.0 Å². The zero-order valence-electron chi connectivity index (χ0n) is 26.3. The van der Waals surface area contributed by atoms with Gasteiger partial charge >= 0.3 is 6.18 Å². The summed E-state index contributed by atoms with van der Waals surface area (Å²) in [7, 11) is 0. The minimum absolute atomic E-state index is 0.0233. The second kappa shape index (κ2) is 13.0. The Labute approximate surface area is 275 Å². The van der Waals surface area contributed by atoms with Crippen LogP contribution in [0.1, 0.15) is 39.2 Å². The van der Waals surface area contributed by atoms with Crippen molar-refractivity contribution < 1.29 is 32.2 Å². The van der Waals surface area contributed by atoms with E-state index in [0.717, 1.165) is 28.9 Å². The predicted octanol–water partition coefficient (Wildman–Crippen LogP) is 4.50. The molecule has 0 aliphatic carbocycles. The number of amides is 2. The third-order valence-electron chi connectivity index (χ3n) is 9.25. The van der Waals surface area contributed by atoms with Crippen LogP contribution in [-0.2, 0) is 28.9 Å². The first kappa shape index (κ1) is 31.8. The SMILES string of the molecule is Cc1ccccc1-n1cc(CO[C@@H]2C[C@H]3C(=O)N4CCN(Cc5ccccc5)C[C@H]4COc4ccc(C(F)(F)F)cc4C(=O)N3C2)nn1. The van der Waals surface area contributed by atoms with Gasteiger partial charge in [0.15, 0.2) is 0 Å². The number of carbonyl (C=O) groups excluding carboxylic acids is 2. The van der Waals surface area contributed by atoms with Gasteiger partial charge in [-0.05, 0) is 42.3 Å². The predicted molar refractivity (Wildman–Crippen MR) is 168 cm³/mol. The lowest BCUT2D eigenvalue weighted by Crippen LogP contribution is -2.61. The summed E-state index contributed by atoms with van der Waals surface area (Å²) in [5, 5.41) is 8.44. The second-order valence-electron chi connectivity index (χ2n) is 12.5. The molecule has 250 valence electrons. The lowest BCUT2D eigenvalue weighted by molar-refractivity contribution is -0.142. The number of para-hydroxylation sites is 1. The fourth-order valence-electron chi connectivity index (χ4n) is 6.75. The number of hydrogen-bond donors (Lipinski definition) is 0. The summed E-state index contributed by atoms with van der Waals surface area (Å²) in [6.45, 7) is 4.35. The molecule has 10 nitrogen and oxygen atoms in total. The van der Waals surface area contributed by atoms with Crippen molar-refractivity contribution in [3.63, 3.8) is 0 Å². The summed E-state index contributed by atoms with van der Waals surface area (Å²) in [4.78, 5) is 33.6. The van der Waals surface area contributed by atoms with E-state index in [4.69, 9.17) is 9.47 Å². The number of aryl methyl sites for hydroxylation is 1. The summed E-state index contributed by atoms with van der Waals surface area (Å²) < 4.78 is 55.2. The van der Waals surface area contributed by atoms with Gasteiger partial charge in [-0.25, -0.2) is 4.68 Å². The van der Waals surface area contributed by atoms with Crippen LogP contribution < -0.4 is 4.74 Å². The number of ether oxygens (including phenoxy) is 2. The summed E-state index contributed by atoms with van der Waals surface area (Å²) >= 11 is 0. The molecule has 3 aliphatic heterocycles. The van der Waals surface area contributed by atoms with Crippen LogP contribution >= 0.6 is 0 Å². The van der Waals surface area contributed by atoms with Crippen molar-refractivity contribution >= 4 is 11.8 Å². The fraction of sp³-hybridized carbons (Fsp3) is 0.371. The first-order valence-electron chi connectivity index (χ1n) is 15.9. The van der Waals surface area contributed by atoms with Crippen molar-refractivity contribution in [3.05, 3.63) is 107 Å². The quantitative estimate of drug-likeness (QED) is 0.301. The number of benzene rings is 3. The van der Waals surface area contributed by atoms with E-state index >= 15 is 0 Å². The highest BCUT2D eigenvalue weighted by molar-refractivity contribution is 6.00. The standard InChI is InChI=1S/C35H35F3N6O4/c1-23-7-5-6-10-30(23)44-18-26(39-40-44)21-47-28-16-31-34(46)42-14-13-41(17-24-8-3-2-4-9-24)19-27(42)22-48-32-12-11-25(35(36,37)38)15-29(32)33(45)43(31)20-28/h2-12,15,18,27-28,31H,13-14,16-17,19-22H2,1H3/t27-,28+,31-/m0/s1. The largest absolute Gasteiger partial charge is 0.491 e. The molecule has 3 aromatic carbocycles. The number of rotatable bonds is 6. The monoisotopic (exact) mass is 660 g/mol. The lowest BCUT2D eigenvalue weighted by Gasteiger charge is -2.43. The molecule has 3 atom stereocenters. The molecule has 2 fully saturated rings. The second-order valence-corrected chi connectivity index (χ2v) is 12.5. The molecule has 0 spiro atoms. The molecule has 7 rings (SSSR count). The fourth-order valence-corrected chi connectivity index (χ4v) is 6.75. The minimum Gasteiger partial charge on any atom is -0.491 e. The van der Waals surface area contributed by atoms with E-state index in [1.165, 1.54) is 11.0 Å². The van der Waals surface area contributed by atoms with E-state index in [9.17, 15) is 22.8 Å². The molecule has 0 unspecified atom stereocenters. The summed E-state index contributed by atoms with van der Waals surface area (Å²) in [6.07, 6.45) is -3.26. The highest BCUT2D eigenvalue weighted by Crippen LogP contribution is 2.36. The molecule has 2 amide bonds. The number of piperazine rings is 1. The van der Waals surface area contributed by atoms with Gasteiger partial charge in [0, 0.05) is 39.1 Å². The van der Waals surface area contributed by atoms with Crippen molar-refractivity contribution in [3.8, 4) is 11.4 Å². The Bertz CT molecular complexity index is 1800. The number of nitrogens with zero attached hydrogens (tertiary/aromatic N) is 6. The van der Waals surface area contributed by atoms with Gasteiger partial charge in [0.2, 0.25) is 5.91 Å². The molecule has 4 heterocycles. The molecule has 2 saturated heterocycles. The van der Waals surface area contributed by atoms with E-state index < -0.39 is 29.8 Å². The third-order valence-corrected chi connectivity index (χ3v) is 9.25. The van der Waals surface area contributed by atoms with Crippen LogP contribution in [0.5, 0.6) is 5.75 Å². The van der Waals surface area contributed by atoms with E-state index in [1.807, 2.05) is 61.5 Å². The van der Waals surface area contributed by atoms with Crippen LogP contribution in [-0.4, -0.2) is 92.5 Å². The van der Waals surface area contributed by atoms with Crippen LogP contribution in [0.15, 0.2) is 79.0 Å². The Hall–Kier alpha value is -4.75. The maximum atomic E-state index is 14.2. The molecule has 0 radical (unpaired) electrons. The van der Waals surface area contributed by atoms with Crippen molar-refractivity contribution in [1.82, 2.24) is 29.7 Å². The summed E-state index contributed by atoms with van der Waals surface area (Å²) in [6, 6.07) is 19.4. The highest BCUT2D eigenvalue weighted by atomic mass is 19.4. The van der Waals surface area contributed by atoms with E-state index in [-0.39, 0.29) is 49.4 Å². The summed E-state index contributed by atoms with van der Waals surface area (Å²) in [5.41, 5.74) is 2.41. The Kier molecular flexibility index (Phi) is 8.65. The Morgan fingerprint density at radius 1 is 0.958 bits per heavy atom. The van der Waals surface area contributed by atoms with E-state index in [2.05, 4.69) is 15.2 Å². The third kappa shape index (κ3) is 6.52. The normalized spacial score (nSPS) is 21.8. The van der Waals surface area contributed by atoms with Crippen molar-refractivity contribution in [2.24, 2.45) is 0 Å². The van der Waals surface area contributed by atoms with E-state index in [1.54, 1.807) is 15.8 Å². The van der Waals surface area contributed by atoms with Crippen LogP contribution in [0, 0.1) is 6.92 Å². The zero-order valence-corrected chi connectivity index (χ0v) is 26.3. The Balaban J connectivity index is 1.14. The van der Waals surface area contributed by atoms with Gasteiger partial charge in [-0.3, -0.25) is 14.5 Å². The molecular weight excluding hydrogens is 625 g/mol. The number of aromatic nitrogens is 3. The molecule has 4 aromatic rings. The van der Waals surface area contributed by atoms with Gasteiger partial charge in [0.1, 0.15) is 24.1 Å². The number of halogens is 3.